The Morgan fingerprint density at radius 3 is 1.46 bits per heavy atom. The molecule has 0 fully saturated rings. The molecule has 0 amide bonds. The number of carbonyl (C=O) groups is 2. The molecule has 2 heterocycles. The first-order valence-corrected chi connectivity index (χ1v) is 5.68. The van der Waals surface area contributed by atoms with Crippen LogP contribution >= 0.6 is 0 Å². The van der Waals surface area contributed by atoms with Gasteiger partial charge in [0, 0.05) is 0 Å². The molecule has 0 bridgehead atoms. The fourth-order valence-electron chi connectivity index (χ4n) is 1.32. The molecule has 124 valence electrons. The minimum absolute atomic E-state index is 0.702. The molecule has 0 unspecified atom stereocenters. The molecule has 0 atom stereocenters. The van der Waals surface area contributed by atoms with Gasteiger partial charge in [-0.2, -0.15) is 0 Å². The number of furan rings is 2. The lowest BCUT2D eigenvalue weighted by molar-refractivity contribution is -0.943. The van der Waals surface area contributed by atoms with Crippen molar-refractivity contribution in [1.29, 1.82) is 0 Å². The topological polar surface area (TPSA) is 185 Å². The van der Waals surface area contributed by atoms with Gasteiger partial charge in [0.05, 0.1) is 12.1 Å². The molecule has 0 aliphatic rings. The van der Waals surface area contributed by atoms with Gasteiger partial charge in [-0.25, -0.2) is 9.59 Å². The van der Waals surface area contributed by atoms with E-state index >= 15 is 0 Å². The number of hydrogen-bond acceptors (Lipinski definition) is 11. The van der Waals surface area contributed by atoms with E-state index in [0.717, 1.165) is 24.3 Å². The first-order chi connectivity index (χ1) is 11.3. The average molecular weight is 342 g/mol. The van der Waals surface area contributed by atoms with Crippen molar-refractivity contribution in [2.75, 3.05) is 0 Å². The van der Waals surface area contributed by atoms with Crippen LogP contribution in [0, 0.1) is 25.1 Å². The Labute approximate surface area is 128 Å². The summed E-state index contributed by atoms with van der Waals surface area (Å²) in [5, 5.41) is 19.8. The summed E-state index contributed by atoms with van der Waals surface area (Å²) in [6, 6.07) is 3.37. The van der Waals surface area contributed by atoms with Crippen LogP contribution in [0.4, 0.5) is 11.8 Å². The van der Waals surface area contributed by atoms with E-state index in [1.807, 2.05) is 0 Å². The highest BCUT2D eigenvalue weighted by atomic mass is 17.0. The Morgan fingerprint density at radius 1 is 0.792 bits per heavy atom. The third-order valence-electron chi connectivity index (χ3n) is 2.26. The van der Waals surface area contributed by atoms with E-state index in [9.17, 15) is 34.7 Å². The smallest absolute Gasteiger partial charge is 0.393 e. The lowest BCUT2D eigenvalue weighted by Gasteiger charge is -1.89. The quantitative estimate of drug-likeness (QED) is 0.544. The Balaban J connectivity index is 1.96. The third kappa shape index (κ3) is 3.56. The van der Waals surface area contributed by atoms with Crippen molar-refractivity contribution in [2.24, 2.45) is 0 Å². The van der Waals surface area contributed by atoms with Gasteiger partial charge in [-0.15, -0.1) is 0 Å². The lowest BCUT2D eigenvalue weighted by Crippen LogP contribution is -2.19. The van der Waals surface area contributed by atoms with Gasteiger partial charge in [0.15, 0.2) is 0 Å². The fraction of sp³-hybridized carbons (Fsp3) is 0. The SMILES string of the molecule is O=C(O[N+](=O)OC(=O)c1ccc([N+](=O)[O-])o1)c1ccc([N+](=O)[O-])o1. The predicted octanol–water partition coefficient (Wildman–Crippen LogP) is 1.31. The Bertz CT molecular complexity index is 780. The number of hydrogen-bond donors (Lipinski definition) is 0. The Hall–Kier alpha value is -4.10. The van der Waals surface area contributed by atoms with Gasteiger partial charge in [0.2, 0.25) is 11.5 Å². The van der Waals surface area contributed by atoms with Crippen LogP contribution in [-0.4, -0.2) is 26.9 Å². The molecule has 0 radical (unpaired) electrons. The van der Waals surface area contributed by atoms with Crippen LogP contribution in [-0.2, 0) is 9.68 Å². The van der Waals surface area contributed by atoms with Gasteiger partial charge in [0.25, 0.3) is 0 Å². The summed E-state index contributed by atoms with van der Waals surface area (Å²) in [6.07, 6.45) is 0. The van der Waals surface area contributed by atoms with E-state index in [2.05, 4.69) is 18.5 Å². The highest BCUT2D eigenvalue weighted by Gasteiger charge is 2.32. The van der Waals surface area contributed by atoms with Gasteiger partial charge in [-0.3, -0.25) is 20.2 Å². The van der Waals surface area contributed by atoms with Gasteiger partial charge < -0.3 is 8.83 Å². The summed E-state index contributed by atoms with van der Waals surface area (Å²) in [4.78, 5) is 60.8. The van der Waals surface area contributed by atoms with Crippen molar-refractivity contribution in [2.45, 2.75) is 0 Å². The summed E-state index contributed by atoms with van der Waals surface area (Å²) in [5.74, 6) is -5.94. The molecule has 2 rings (SSSR count). The van der Waals surface area contributed by atoms with Crippen molar-refractivity contribution in [3.8, 4) is 0 Å². The van der Waals surface area contributed by atoms with Crippen LogP contribution in [0.15, 0.2) is 33.1 Å². The minimum Gasteiger partial charge on any atom is -0.393 e. The molecule has 0 spiro atoms. The largest absolute Gasteiger partial charge is 0.496 e. The van der Waals surface area contributed by atoms with Crippen LogP contribution < -0.4 is 0 Å². The van der Waals surface area contributed by atoms with Crippen LogP contribution in [0.25, 0.3) is 0 Å². The van der Waals surface area contributed by atoms with Crippen LogP contribution in [0.2, 0.25) is 0 Å². The van der Waals surface area contributed by atoms with Gasteiger partial charge >= 0.3 is 28.8 Å². The highest BCUT2D eigenvalue weighted by molar-refractivity contribution is 5.87. The zero-order valence-corrected chi connectivity index (χ0v) is 11.1. The molecular formula is C10H4N3O11+. The van der Waals surface area contributed by atoms with Crippen LogP contribution in [0.1, 0.15) is 21.1 Å². The number of carbonyl (C=O) groups excluding carboxylic acids is 2. The van der Waals surface area contributed by atoms with Gasteiger partial charge in [-0.05, 0) is 12.1 Å². The van der Waals surface area contributed by atoms with E-state index in [0.29, 0.717) is 0 Å². The van der Waals surface area contributed by atoms with E-state index in [4.69, 9.17) is 0 Å². The normalized spacial score (nSPS) is 10.0. The van der Waals surface area contributed by atoms with Gasteiger partial charge in [-0.1, -0.05) is 9.68 Å². The van der Waals surface area contributed by atoms with E-state index in [-0.39, 0.29) is 0 Å². The molecule has 0 saturated carbocycles. The fourth-order valence-corrected chi connectivity index (χ4v) is 1.32. The average Bonchev–Trinajstić information content (AvgIpc) is 3.16. The maximum Gasteiger partial charge on any atom is 0.496 e. The molecule has 14 nitrogen and oxygen atoms in total. The molecule has 0 aliphatic heterocycles. The van der Waals surface area contributed by atoms with E-state index < -0.39 is 50.2 Å². The second-order valence-electron chi connectivity index (χ2n) is 3.77. The van der Waals surface area contributed by atoms with Gasteiger partial charge in [0.1, 0.15) is 14.8 Å². The lowest BCUT2D eigenvalue weighted by atomic mass is 10.5. The second kappa shape index (κ2) is 6.34. The molecule has 14 heteroatoms. The molecule has 0 aromatic carbocycles. The zero-order valence-electron chi connectivity index (χ0n) is 11.1. The summed E-state index contributed by atoms with van der Waals surface area (Å²) in [5.41, 5.74) is 0. The molecule has 0 saturated heterocycles. The predicted molar refractivity (Wildman–Crippen MR) is 65.2 cm³/mol. The molecule has 0 aliphatic carbocycles. The molecule has 2 aromatic rings. The van der Waals surface area contributed by atoms with Crippen molar-refractivity contribution >= 4 is 23.7 Å². The standard InChI is InChI=1S/C10H4N3O11/c14-9(5-1-3-7(21-5)11(16)17)23-13(20)24-10(15)6-2-4-8(22-6)12(18)19/h1-4H/q+1. The number of rotatable bonds is 6. The first kappa shape index (κ1) is 16.3. The molecular weight excluding hydrogens is 338 g/mol. The summed E-state index contributed by atoms with van der Waals surface area (Å²) < 4.78 is 8.91. The highest BCUT2D eigenvalue weighted by Crippen LogP contribution is 2.18. The maximum absolute atomic E-state index is 11.4. The Kier molecular flexibility index (Phi) is 4.30. The third-order valence-corrected chi connectivity index (χ3v) is 2.26. The molecule has 24 heavy (non-hydrogen) atoms. The monoisotopic (exact) mass is 342 g/mol. The summed E-state index contributed by atoms with van der Waals surface area (Å²) >= 11 is 0. The van der Waals surface area contributed by atoms with Crippen molar-refractivity contribution in [1.82, 2.24) is 0 Å². The Morgan fingerprint density at radius 2 is 1.17 bits per heavy atom. The summed E-state index contributed by atoms with van der Waals surface area (Å²) in [6.45, 7) is 0. The van der Waals surface area contributed by atoms with Crippen LogP contribution in [0.5, 0.6) is 0 Å². The van der Waals surface area contributed by atoms with E-state index in [1.165, 1.54) is 0 Å². The van der Waals surface area contributed by atoms with Crippen LogP contribution in [0.3, 0.4) is 0 Å². The zero-order chi connectivity index (χ0) is 17.9. The molecule has 0 N–H and O–H groups in total. The maximum atomic E-state index is 11.4. The van der Waals surface area contributed by atoms with E-state index in [1.54, 1.807) is 0 Å². The second-order valence-corrected chi connectivity index (χ2v) is 3.77. The minimum atomic E-state index is -1.49. The first-order valence-electron chi connectivity index (χ1n) is 5.68. The van der Waals surface area contributed by atoms with Crippen molar-refractivity contribution in [3.05, 3.63) is 60.9 Å². The number of nitrogens with zero attached hydrogens (tertiary/aromatic N) is 3. The van der Waals surface area contributed by atoms with Crippen molar-refractivity contribution in [3.63, 3.8) is 0 Å². The molecule has 2 aromatic heterocycles. The number of nitro groups is 2. The summed E-state index contributed by atoms with van der Waals surface area (Å²) in [7, 11) is 0. The van der Waals surface area contributed by atoms with Crippen molar-refractivity contribution < 1.29 is 43.0 Å².